The molecule has 4 rings (SSSR count). The topological polar surface area (TPSA) is 20.3 Å². The van der Waals surface area contributed by atoms with E-state index in [0.29, 0.717) is 6.54 Å². The summed E-state index contributed by atoms with van der Waals surface area (Å²) in [5.74, 6) is 0.0838. The van der Waals surface area contributed by atoms with Crippen molar-refractivity contribution in [3.8, 4) is 0 Å². The van der Waals surface area contributed by atoms with E-state index in [2.05, 4.69) is 24.3 Å². The number of hydrogen-bond donors (Lipinski definition) is 0. The summed E-state index contributed by atoms with van der Waals surface area (Å²) in [5.41, 5.74) is 2.96. The largest absolute Gasteiger partial charge is 0.304 e. The zero-order valence-corrected chi connectivity index (χ0v) is 10.9. The van der Waals surface area contributed by atoms with Crippen LogP contribution in [0, 0.1) is 0 Å². The Hall–Kier alpha value is -2.61. The van der Waals surface area contributed by atoms with Crippen molar-refractivity contribution in [3.05, 3.63) is 77.9 Å². The Balaban J connectivity index is 1.94. The van der Waals surface area contributed by atoms with Gasteiger partial charge in [-0.05, 0) is 34.5 Å². The SMILES string of the molecule is O=C1c2cccc3cccc(c23)CN1c1ccccc1. The average molecular weight is 259 g/mol. The van der Waals surface area contributed by atoms with E-state index in [1.165, 1.54) is 5.56 Å². The molecule has 0 unspecified atom stereocenters. The van der Waals surface area contributed by atoms with Crippen LogP contribution in [0.25, 0.3) is 10.8 Å². The van der Waals surface area contributed by atoms with Gasteiger partial charge >= 0.3 is 0 Å². The Morgan fingerprint density at radius 2 is 1.55 bits per heavy atom. The fraction of sp³-hybridized carbons (Fsp3) is 0.0556. The Morgan fingerprint density at radius 1 is 0.800 bits per heavy atom. The second-order valence-corrected chi connectivity index (χ2v) is 5.05. The third-order valence-corrected chi connectivity index (χ3v) is 3.86. The number of para-hydroxylation sites is 1. The van der Waals surface area contributed by atoms with Crippen molar-refractivity contribution in [2.24, 2.45) is 0 Å². The maximum absolute atomic E-state index is 12.7. The second-order valence-electron chi connectivity index (χ2n) is 5.05. The van der Waals surface area contributed by atoms with Crippen LogP contribution in [0.4, 0.5) is 5.69 Å². The van der Waals surface area contributed by atoms with Crippen LogP contribution >= 0.6 is 0 Å². The molecular formula is C18H13NO. The average Bonchev–Trinajstić information content (AvgIpc) is 2.52. The number of hydrogen-bond acceptors (Lipinski definition) is 1. The Bertz CT molecular complexity index is 803. The molecule has 3 aromatic carbocycles. The van der Waals surface area contributed by atoms with Crippen LogP contribution < -0.4 is 4.90 Å². The highest BCUT2D eigenvalue weighted by Gasteiger charge is 2.26. The van der Waals surface area contributed by atoms with Gasteiger partial charge in [0.1, 0.15) is 0 Å². The van der Waals surface area contributed by atoms with E-state index in [-0.39, 0.29) is 5.91 Å². The van der Waals surface area contributed by atoms with Crippen LogP contribution in [0.5, 0.6) is 0 Å². The molecule has 0 atom stereocenters. The maximum Gasteiger partial charge on any atom is 0.259 e. The van der Waals surface area contributed by atoms with Crippen molar-refractivity contribution < 1.29 is 4.79 Å². The highest BCUT2D eigenvalue weighted by Crippen LogP contribution is 2.32. The van der Waals surface area contributed by atoms with Gasteiger partial charge in [-0.3, -0.25) is 4.79 Å². The summed E-state index contributed by atoms with van der Waals surface area (Å²) in [4.78, 5) is 14.6. The molecule has 0 fully saturated rings. The third kappa shape index (κ3) is 1.55. The molecule has 1 heterocycles. The summed E-state index contributed by atoms with van der Waals surface area (Å²) in [5, 5.41) is 2.24. The first-order valence-electron chi connectivity index (χ1n) is 6.72. The molecule has 20 heavy (non-hydrogen) atoms. The van der Waals surface area contributed by atoms with Gasteiger partial charge in [0.25, 0.3) is 5.91 Å². The van der Waals surface area contributed by atoms with Crippen molar-refractivity contribution in [3.63, 3.8) is 0 Å². The van der Waals surface area contributed by atoms with Gasteiger partial charge in [-0.15, -0.1) is 0 Å². The first-order valence-corrected chi connectivity index (χ1v) is 6.72. The lowest BCUT2D eigenvalue weighted by Gasteiger charge is -2.29. The van der Waals surface area contributed by atoms with E-state index >= 15 is 0 Å². The van der Waals surface area contributed by atoms with Crippen LogP contribution in [0.15, 0.2) is 66.7 Å². The number of carbonyl (C=O) groups excluding carboxylic acids is 1. The van der Waals surface area contributed by atoms with Crippen LogP contribution in [0.2, 0.25) is 0 Å². The fourth-order valence-corrected chi connectivity index (χ4v) is 2.93. The van der Waals surface area contributed by atoms with Crippen molar-refractivity contribution >= 4 is 22.4 Å². The van der Waals surface area contributed by atoms with Gasteiger partial charge in [-0.2, -0.15) is 0 Å². The van der Waals surface area contributed by atoms with Gasteiger partial charge in [0.2, 0.25) is 0 Å². The molecule has 0 saturated carbocycles. The molecular weight excluding hydrogens is 246 g/mol. The third-order valence-electron chi connectivity index (χ3n) is 3.86. The molecule has 0 bridgehead atoms. The molecule has 0 spiro atoms. The van der Waals surface area contributed by atoms with E-state index in [1.54, 1.807) is 0 Å². The number of benzene rings is 3. The lowest BCUT2D eigenvalue weighted by atomic mass is 9.94. The summed E-state index contributed by atoms with van der Waals surface area (Å²) in [6, 6.07) is 22.0. The summed E-state index contributed by atoms with van der Waals surface area (Å²) >= 11 is 0. The lowest BCUT2D eigenvalue weighted by Crippen LogP contribution is -2.33. The zero-order chi connectivity index (χ0) is 13.5. The van der Waals surface area contributed by atoms with Gasteiger partial charge in [0.05, 0.1) is 6.54 Å². The van der Waals surface area contributed by atoms with Gasteiger partial charge in [0, 0.05) is 11.3 Å². The molecule has 0 aromatic heterocycles. The lowest BCUT2D eigenvalue weighted by molar-refractivity contribution is 0.0984. The monoisotopic (exact) mass is 259 g/mol. The van der Waals surface area contributed by atoms with Crippen LogP contribution in [0.3, 0.4) is 0 Å². The van der Waals surface area contributed by atoms with E-state index in [0.717, 1.165) is 22.0 Å². The number of anilines is 1. The van der Waals surface area contributed by atoms with Crippen LogP contribution in [0.1, 0.15) is 15.9 Å². The number of rotatable bonds is 1. The summed E-state index contributed by atoms with van der Waals surface area (Å²) in [6.07, 6.45) is 0. The normalized spacial score (nSPS) is 13.8. The van der Waals surface area contributed by atoms with Gasteiger partial charge in [-0.1, -0.05) is 48.5 Å². The van der Waals surface area contributed by atoms with E-state index in [4.69, 9.17) is 0 Å². The van der Waals surface area contributed by atoms with E-state index in [9.17, 15) is 4.79 Å². The van der Waals surface area contributed by atoms with Crippen molar-refractivity contribution in [2.75, 3.05) is 4.90 Å². The first-order chi connectivity index (χ1) is 9.84. The van der Waals surface area contributed by atoms with Crippen LogP contribution in [-0.2, 0) is 6.54 Å². The minimum Gasteiger partial charge on any atom is -0.304 e. The second kappa shape index (κ2) is 4.20. The zero-order valence-electron chi connectivity index (χ0n) is 10.9. The Morgan fingerprint density at radius 3 is 2.35 bits per heavy atom. The highest BCUT2D eigenvalue weighted by molar-refractivity contribution is 6.17. The first kappa shape index (κ1) is 11.2. The molecule has 1 aliphatic heterocycles. The summed E-state index contributed by atoms with van der Waals surface area (Å²) in [6.45, 7) is 0.636. The minimum atomic E-state index is 0.0838. The minimum absolute atomic E-state index is 0.0838. The summed E-state index contributed by atoms with van der Waals surface area (Å²) in [7, 11) is 0. The van der Waals surface area contributed by atoms with Gasteiger partial charge < -0.3 is 4.90 Å². The molecule has 0 saturated heterocycles. The smallest absolute Gasteiger partial charge is 0.259 e. The molecule has 1 amide bonds. The van der Waals surface area contributed by atoms with E-state index < -0.39 is 0 Å². The quantitative estimate of drug-likeness (QED) is 0.647. The molecule has 1 aliphatic rings. The predicted molar refractivity (Wildman–Crippen MR) is 80.9 cm³/mol. The Kier molecular flexibility index (Phi) is 2.36. The van der Waals surface area contributed by atoms with Gasteiger partial charge in [-0.25, -0.2) is 0 Å². The molecule has 3 aromatic rings. The van der Waals surface area contributed by atoms with Crippen molar-refractivity contribution in [2.45, 2.75) is 6.54 Å². The fourth-order valence-electron chi connectivity index (χ4n) is 2.93. The highest BCUT2D eigenvalue weighted by atomic mass is 16.2. The maximum atomic E-state index is 12.7. The summed E-state index contributed by atoms with van der Waals surface area (Å²) < 4.78 is 0. The predicted octanol–water partition coefficient (Wildman–Crippen LogP) is 4.00. The number of nitrogens with zero attached hydrogens (tertiary/aromatic N) is 1. The Labute approximate surface area is 117 Å². The molecule has 0 aliphatic carbocycles. The number of amides is 1. The van der Waals surface area contributed by atoms with Crippen LogP contribution in [-0.4, -0.2) is 5.91 Å². The van der Waals surface area contributed by atoms with E-state index in [1.807, 2.05) is 47.4 Å². The molecule has 0 radical (unpaired) electrons. The molecule has 2 heteroatoms. The molecule has 96 valence electrons. The number of carbonyl (C=O) groups is 1. The molecule has 0 N–H and O–H groups in total. The van der Waals surface area contributed by atoms with Crippen molar-refractivity contribution in [1.82, 2.24) is 0 Å². The van der Waals surface area contributed by atoms with Crippen molar-refractivity contribution in [1.29, 1.82) is 0 Å². The standard InChI is InChI=1S/C18H13NO/c20-18-16-11-5-7-13-6-4-8-14(17(13)16)12-19(18)15-9-2-1-3-10-15/h1-11H,12H2. The molecule has 2 nitrogen and oxygen atoms in total. The van der Waals surface area contributed by atoms with Gasteiger partial charge in [0.15, 0.2) is 0 Å².